The summed E-state index contributed by atoms with van der Waals surface area (Å²) in [5, 5.41) is 1.07. The van der Waals surface area contributed by atoms with E-state index < -0.39 is 0 Å². The summed E-state index contributed by atoms with van der Waals surface area (Å²) < 4.78 is 7.74. The van der Waals surface area contributed by atoms with E-state index in [4.69, 9.17) is 4.74 Å². The second kappa shape index (κ2) is 13.2. The van der Waals surface area contributed by atoms with Crippen molar-refractivity contribution in [2.45, 2.75) is 78.2 Å². The van der Waals surface area contributed by atoms with Gasteiger partial charge in [0.2, 0.25) is 0 Å². The molecule has 0 spiro atoms. The Balaban J connectivity index is 1.49. The highest BCUT2D eigenvalue weighted by molar-refractivity contribution is 6.17. The first kappa shape index (κ1) is 24.3. The maximum absolute atomic E-state index is 13.2. The van der Waals surface area contributed by atoms with Crippen LogP contribution in [0.25, 0.3) is 10.9 Å². The summed E-state index contributed by atoms with van der Waals surface area (Å²) in [7, 11) is 0. The molecule has 32 heavy (non-hydrogen) atoms. The molecule has 0 aliphatic carbocycles. The Morgan fingerprint density at radius 3 is 2.06 bits per heavy atom. The number of carbonyl (C=O) groups is 1. The number of ketones is 1. The van der Waals surface area contributed by atoms with Crippen LogP contribution in [0.3, 0.4) is 0 Å². The van der Waals surface area contributed by atoms with E-state index in [0.717, 1.165) is 48.4 Å². The predicted molar refractivity (Wildman–Crippen MR) is 135 cm³/mol. The summed E-state index contributed by atoms with van der Waals surface area (Å²) in [6.07, 6.45) is 11.6. The lowest BCUT2D eigenvalue weighted by Gasteiger charge is -2.09. The molecule has 0 N–H and O–H groups in total. The van der Waals surface area contributed by atoms with Gasteiger partial charge in [-0.15, -0.1) is 0 Å². The predicted octanol–water partition coefficient (Wildman–Crippen LogP) is 7.73. The van der Waals surface area contributed by atoms with E-state index in [1.807, 2.05) is 36.4 Å². The molecule has 3 nitrogen and oxygen atoms in total. The molecule has 0 aliphatic heterocycles. The van der Waals surface area contributed by atoms with Crippen molar-refractivity contribution >= 4 is 16.7 Å². The van der Waals surface area contributed by atoms with Crippen LogP contribution >= 0.6 is 0 Å². The standard InChI is InChI=1S/C29H39NO2/c1-3-32-23-17-10-8-6-4-5-7-9-16-22-30-24(2)28(26-20-14-15-21-27(26)30)29(31)25-18-12-11-13-19-25/h11-15,18-21H,3-10,16-17,22-23H2,1-2H3. The molecule has 3 heteroatoms. The highest BCUT2D eigenvalue weighted by Crippen LogP contribution is 2.28. The smallest absolute Gasteiger partial charge is 0.195 e. The third-order valence-corrected chi connectivity index (χ3v) is 6.37. The van der Waals surface area contributed by atoms with Crippen LogP contribution in [0.2, 0.25) is 0 Å². The minimum atomic E-state index is 0.124. The van der Waals surface area contributed by atoms with E-state index in [-0.39, 0.29) is 5.78 Å². The number of hydrogen-bond acceptors (Lipinski definition) is 2. The normalized spacial score (nSPS) is 11.3. The first-order valence-electron chi connectivity index (χ1n) is 12.5. The van der Waals surface area contributed by atoms with Gasteiger partial charge in [-0.2, -0.15) is 0 Å². The fraction of sp³-hybridized carbons (Fsp3) is 0.483. The third-order valence-electron chi connectivity index (χ3n) is 6.37. The SMILES string of the molecule is CCOCCCCCCCCCCCn1c(C)c(C(=O)c2ccccc2)c2ccccc21. The first-order chi connectivity index (χ1) is 15.7. The van der Waals surface area contributed by atoms with E-state index in [1.54, 1.807) is 0 Å². The summed E-state index contributed by atoms with van der Waals surface area (Å²) in [4.78, 5) is 13.2. The Morgan fingerprint density at radius 1 is 0.781 bits per heavy atom. The summed E-state index contributed by atoms with van der Waals surface area (Å²) in [6.45, 7) is 6.89. The van der Waals surface area contributed by atoms with Gasteiger partial charge in [0, 0.05) is 41.9 Å². The Kier molecular flexibility index (Phi) is 10.0. The van der Waals surface area contributed by atoms with Crippen LogP contribution in [0.4, 0.5) is 0 Å². The molecule has 0 radical (unpaired) electrons. The Labute approximate surface area is 193 Å². The Bertz CT molecular complexity index is 958. The monoisotopic (exact) mass is 433 g/mol. The molecule has 0 bridgehead atoms. The van der Waals surface area contributed by atoms with Crippen LogP contribution < -0.4 is 0 Å². The molecule has 0 saturated carbocycles. The number of nitrogens with zero attached hydrogens (tertiary/aromatic N) is 1. The minimum Gasteiger partial charge on any atom is -0.382 e. The molecule has 1 heterocycles. The van der Waals surface area contributed by atoms with Gasteiger partial charge in [-0.25, -0.2) is 0 Å². The largest absolute Gasteiger partial charge is 0.382 e. The zero-order valence-corrected chi connectivity index (χ0v) is 19.9. The Hall–Kier alpha value is -2.39. The van der Waals surface area contributed by atoms with E-state index >= 15 is 0 Å². The molecule has 0 fully saturated rings. The van der Waals surface area contributed by atoms with Gasteiger partial charge in [0.15, 0.2) is 5.78 Å². The lowest BCUT2D eigenvalue weighted by atomic mass is 10.0. The van der Waals surface area contributed by atoms with Gasteiger partial charge < -0.3 is 9.30 Å². The maximum Gasteiger partial charge on any atom is 0.195 e. The second-order valence-corrected chi connectivity index (χ2v) is 8.70. The average molecular weight is 434 g/mol. The van der Waals surface area contributed by atoms with Crippen molar-refractivity contribution < 1.29 is 9.53 Å². The van der Waals surface area contributed by atoms with Crippen molar-refractivity contribution in [1.82, 2.24) is 4.57 Å². The number of aromatic nitrogens is 1. The van der Waals surface area contributed by atoms with Crippen molar-refractivity contribution in [2.24, 2.45) is 0 Å². The number of aryl methyl sites for hydroxylation is 1. The van der Waals surface area contributed by atoms with Gasteiger partial charge in [-0.1, -0.05) is 93.5 Å². The minimum absolute atomic E-state index is 0.124. The number of rotatable bonds is 15. The van der Waals surface area contributed by atoms with Crippen LogP contribution in [0, 0.1) is 6.92 Å². The van der Waals surface area contributed by atoms with Gasteiger partial charge in [-0.05, 0) is 32.8 Å². The number of benzene rings is 2. The average Bonchev–Trinajstić information content (AvgIpc) is 3.11. The Morgan fingerprint density at radius 2 is 1.38 bits per heavy atom. The van der Waals surface area contributed by atoms with Crippen LogP contribution in [-0.2, 0) is 11.3 Å². The summed E-state index contributed by atoms with van der Waals surface area (Å²) in [5.74, 6) is 0.124. The molecular weight excluding hydrogens is 394 g/mol. The molecule has 0 atom stereocenters. The highest BCUT2D eigenvalue weighted by atomic mass is 16.5. The lowest BCUT2D eigenvalue weighted by Crippen LogP contribution is -2.05. The zero-order valence-electron chi connectivity index (χ0n) is 19.9. The van der Waals surface area contributed by atoms with Crippen molar-refractivity contribution in [3.63, 3.8) is 0 Å². The van der Waals surface area contributed by atoms with E-state index in [2.05, 4.69) is 36.6 Å². The molecule has 0 unspecified atom stereocenters. The van der Waals surface area contributed by atoms with Gasteiger partial charge >= 0.3 is 0 Å². The fourth-order valence-electron chi connectivity index (χ4n) is 4.60. The molecule has 3 rings (SSSR count). The summed E-state index contributed by atoms with van der Waals surface area (Å²) >= 11 is 0. The van der Waals surface area contributed by atoms with Crippen molar-refractivity contribution in [1.29, 1.82) is 0 Å². The topological polar surface area (TPSA) is 31.2 Å². The second-order valence-electron chi connectivity index (χ2n) is 8.70. The molecule has 172 valence electrons. The number of hydrogen-bond donors (Lipinski definition) is 0. The number of para-hydroxylation sites is 1. The van der Waals surface area contributed by atoms with Crippen molar-refractivity contribution in [2.75, 3.05) is 13.2 Å². The molecule has 2 aromatic carbocycles. The van der Waals surface area contributed by atoms with Crippen LogP contribution in [0.5, 0.6) is 0 Å². The van der Waals surface area contributed by atoms with E-state index in [9.17, 15) is 4.79 Å². The van der Waals surface area contributed by atoms with Crippen molar-refractivity contribution in [3.05, 3.63) is 71.4 Å². The van der Waals surface area contributed by atoms with Gasteiger partial charge in [0.25, 0.3) is 0 Å². The van der Waals surface area contributed by atoms with Crippen LogP contribution in [0.15, 0.2) is 54.6 Å². The zero-order chi connectivity index (χ0) is 22.6. The van der Waals surface area contributed by atoms with Crippen LogP contribution in [0.1, 0.15) is 86.3 Å². The molecule has 0 saturated heterocycles. The maximum atomic E-state index is 13.2. The van der Waals surface area contributed by atoms with Gasteiger partial charge in [0.05, 0.1) is 5.56 Å². The molecule has 3 aromatic rings. The lowest BCUT2D eigenvalue weighted by molar-refractivity contribution is 0.103. The molecule has 0 amide bonds. The first-order valence-corrected chi connectivity index (χ1v) is 12.5. The number of fused-ring (bicyclic) bond motifs is 1. The van der Waals surface area contributed by atoms with Crippen molar-refractivity contribution in [3.8, 4) is 0 Å². The number of unbranched alkanes of at least 4 members (excludes halogenated alkanes) is 8. The quantitative estimate of drug-likeness (QED) is 0.181. The third kappa shape index (κ3) is 6.56. The van der Waals surface area contributed by atoms with Crippen LogP contribution in [-0.4, -0.2) is 23.6 Å². The number of ether oxygens (including phenoxy) is 1. The van der Waals surface area contributed by atoms with E-state index in [1.165, 1.54) is 56.9 Å². The van der Waals surface area contributed by atoms with Gasteiger partial charge in [-0.3, -0.25) is 4.79 Å². The van der Waals surface area contributed by atoms with Gasteiger partial charge in [0.1, 0.15) is 0 Å². The molecular formula is C29H39NO2. The fourth-order valence-corrected chi connectivity index (χ4v) is 4.60. The highest BCUT2D eigenvalue weighted by Gasteiger charge is 2.20. The summed E-state index contributed by atoms with van der Waals surface area (Å²) in [6, 6.07) is 18.0. The molecule has 1 aromatic heterocycles. The summed E-state index contributed by atoms with van der Waals surface area (Å²) in [5.41, 5.74) is 3.89. The van der Waals surface area contributed by atoms with E-state index in [0.29, 0.717) is 0 Å². The molecule has 0 aliphatic rings. The number of carbonyl (C=O) groups excluding carboxylic acids is 1.